The number of nitrogens with two attached hydrogens (primary N) is 2. The summed E-state index contributed by atoms with van der Waals surface area (Å²) in [5.41, 5.74) is 5.57. The maximum Gasteiger partial charge on any atom is 0.318 e. The van der Waals surface area contributed by atoms with E-state index in [0.29, 0.717) is 11.1 Å². The molecule has 1 aromatic carbocycles. The average molecular weight is 301 g/mol. The van der Waals surface area contributed by atoms with E-state index in [0.717, 1.165) is 0 Å². The zero-order valence-electron chi connectivity index (χ0n) is 11.0. The van der Waals surface area contributed by atoms with E-state index in [4.69, 9.17) is 15.6 Å². The van der Waals surface area contributed by atoms with E-state index in [1.807, 2.05) is 5.32 Å². The third-order valence-electron chi connectivity index (χ3n) is 2.35. The number of hydrogen-bond acceptors (Lipinski definition) is 5. The van der Waals surface area contributed by atoms with Crippen molar-refractivity contribution >= 4 is 22.0 Å². The summed E-state index contributed by atoms with van der Waals surface area (Å²) in [6, 6.07) is 1.89. The van der Waals surface area contributed by atoms with Crippen LogP contribution in [0.25, 0.3) is 0 Å². The number of carbonyl (C=O) groups is 2. The second kappa shape index (κ2) is 5.88. The minimum absolute atomic E-state index is 0.0198. The zero-order chi connectivity index (χ0) is 15.5. The number of rotatable bonds is 4. The first-order valence-corrected chi connectivity index (χ1v) is 7.02. The zero-order valence-corrected chi connectivity index (χ0v) is 11.8. The smallest absolute Gasteiger partial charge is 0.318 e. The molecule has 9 heteroatoms. The second-order valence-electron chi connectivity index (χ2n) is 4.13. The fourth-order valence-electron chi connectivity index (χ4n) is 1.77. The lowest BCUT2D eigenvalue weighted by molar-refractivity contribution is -0.121. The largest absolute Gasteiger partial charge is 0.484 e. The number of urea groups is 1. The van der Waals surface area contributed by atoms with Crippen molar-refractivity contribution in [2.75, 3.05) is 6.61 Å². The van der Waals surface area contributed by atoms with Crippen molar-refractivity contribution in [2.24, 2.45) is 10.9 Å². The van der Waals surface area contributed by atoms with Crippen molar-refractivity contribution < 1.29 is 22.7 Å². The summed E-state index contributed by atoms with van der Waals surface area (Å²) in [5, 5.41) is 6.94. The molecule has 0 aliphatic carbocycles. The number of primary sulfonamides is 1. The van der Waals surface area contributed by atoms with Crippen LogP contribution in [0.4, 0.5) is 4.79 Å². The van der Waals surface area contributed by atoms with Gasteiger partial charge in [0.15, 0.2) is 6.61 Å². The molecule has 0 aliphatic rings. The summed E-state index contributed by atoms with van der Waals surface area (Å²) in [6.45, 7) is 2.70. The first kappa shape index (κ1) is 15.9. The van der Waals surface area contributed by atoms with E-state index in [1.54, 1.807) is 13.8 Å². The number of hydrogen-bond donors (Lipinski definition) is 3. The molecule has 3 amide bonds. The van der Waals surface area contributed by atoms with Crippen LogP contribution in [0.1, 0.15) is 11.1 Å². The molecule has 0 radical (unpaired) electrons. The average Bonchev–Trinajstić information content (AvgIpc) is 2.22. The maximum absolute atomic E-state index is 11.4. The van der Waals surface area contributed by atoms with Crippen molar-refractivity contribution in [3.8, 4) is 5.75 Å². The summed E-state index contributed by atoms with van der Waals surface area (Å²) in [6.07, 6.45) is 0. The Morgan fingerprint density at radius 2 is 1.75 bits per heavy atom. The van der Waals surface area contributed by atoms with Gasteiger partial charge in [-0.3, -0.25) is 10.1 Å². The minimum Gasteiger partial charge on any atom is -0.484 e. The van der Waals surface area contributed by atoms with Gasteiger partial charge >= 0.3 is 6.03 Å². The van der Waals surface area contributed by atoms with E-state index in [2.05, 4.69) is 0 Å². The van der Waals surface area contributed by atoms with Gasteiger partial charge in [-0.15, -0.1) is 0 Å². The van der Waals surface area contributed by atoms with Gasteiger partial charge in [0.05, 0.1) is 4.90 Å². The van der Waals surface area contributed by atoms with Crippen LogP contribution in [0.15, 0.2) is 17.0 Å². The van der Waals surface area contributed by atoms with Gasteiger partial charge in [-0.1, -0.05) is 0 Å². The number of imide groups is 1. The molecule has 0 saturated carbocycles. The third kappa shape index (κ3) is 4.21. The number of benzene rings is 1. The molecule has 110 valence electrons. The molecule has 0 spiro atoms. The predicted octanol–water partition coefficient (Wildman–Crippen LogP) is -0.475. The summed E-state index contributed by atoms with van der Waals surface area (Å²) in [7, 11) is -3.82. The number of ether oxygens (including phenoxy) is 1. The Morgan fingerprint density at radius 1 is 1.25 bits per heavy atom. The van der Waals surface area contributed by atoms with E-state index in [9.17, 15) is 18.0 Å². The molecule has 5 N–H and O–H groups in total. The molecule has 8 nitrogen and oxygen atoms in total. The van der Waals surface area contributed by atoms with Crippen LogP contribution in [0, 0.1) is 13.8 Å². The molecule has 0 atom stereocenters. The number of aryl methyl sites for hydroxylation is 2. The summed E-state index contributed by atoms with van der Waals surface area (Å²) >= 11 is 0. The number of carbonyl (C=O) groups excluding carboxylic acids is 2. The highest BCUT2D eigenvalue weighted by molar-refractivity contribution is 7.89. The Morgan fingerprint density at radius 3 is 2.15 bits per heavy atom. The van der Waals surface area contributed by atoms with Gasteiger partial charge in [0.25, 0.3) is 5.91 Å². The number of nitrogens with one attached hydrogen (secondary N) is 1. The molecule has 0 fully saturated rings. The van der Waals surface area contributed by atoms with Crippen molar-refractivity contribution in [3.05, 3.63) is 23.3 Å². The predicted molar refractivity (Wildman–Crippen MR) is 70.5 cm³/mol. The Bertz CT molecular complexity index is 631. The summed E-state index contributed by atoms with van der Waals surface area (Å²) in [4.78, 5) is 21.6. The molecule has 1 aromatic rings. The molecule has 0 saturated heterocycles. The molecule has 0 heterocycles. The SMILES string of the molecule is Cc1cc(OCC(=O)NC(N)=O)cc(C)c1S(N)(=O)=O. The molecular weight excluding hydrogens is 286 g/mol. The lowest BCUT2D eigenvalue weighted by Crippen LogP contribution is -2.38. The molecule has 1 rings (SSSR count). The standard InChI is InChI=1S/C11H15N3O5S/c1-6-3-8(19-5-9(15)14-11(12)16)4-7(2)10(6)20(13,17)18/h3-4H,5H2,1-2H3,(H2,13,17,18)(H3,12,14,15,16). The molecule has 0 bridgehead atoms. The highest BCUT2D eigenvalue weighted by atomic mass is 32.2. The van der Waals surface area contributed by atoms with Crippen LogP contribution < -0.4 is 20.9 Å². The third-order valence-corrected chi connectivity index (χ3v) is 3.56. The van der Waals surface area contributed by atoms with Crippen LogP contribution in [0.5, 0.6) is 5.75 Å². The van der Waals surface area contributed by atoms with Crippen LogP contribution >= 0.6 is 0 Å². The number of amides is 3. The van der Waals surface area contributed by atoms with Crippen LogP contribution in [-0.2, 0) is 14.8 Å². The Labute approximate surface area is 116 Å². The summed E-state index contributed by atoms with van der Waals surface area (Å²) in [5.74, 6) is -0.421. The lowest BCUT2D eigenvalue weighted by atomic mass is 10.1. The van der Waals surface area contributed by atoms with Crippen LogP contribution in [0.3, 0.4) is 0 Å². The van der Waals surface area contributed by atoms with Crippen LogP contribution in [-0.4, -0.2) is 27.0 Å². The van der Waals surface area contributed by atoms with E-state index in [1.165, 1.54) is 12.1 Å². The highest BCUT2D eigenvalue weighted by Gasteiger charge is 2.16. The highest BCUT2D eigenvalue weighted by Crippen LogP contribution is 2.24. The fourth-order valence-corrected chi connectivity index (χ4v) is 2.78. The van der Waals surface area contributed by atoms with E-state index >= 15 is 0 Å². The number of primary amides is 1. The van der Waals surface area contributed by atoms with Gasteiger partial charge in [-0.2, -0.15) is 0 Å². The van der Waals surface area contributed by atoms with Gasteiger partial charge in [-0.05, 0) is 37.1 Å². The van der Waals surface area contributed by atoms with Gasteiger partial charge in [0.1, 0.15) is 5.75 Å². The Hall–Kier alpha value is -2.13. The topological polar surface area (TPSA) is 142 Å². The first-order chi connectivity index (χ1) is 9.11. The quantitative estimate of drug-likeness (QED) is 0.688. The van der Waals surface area contributed by atoms with E-state index < -0.39 is 28.6 Å². The molecular formula is C11H15N3O5S. The summed E-state index contributed by atoms with van der Waals surface area (Å²) < 4.78 is 27.9. The van der Waals surface area contributed by atoms with Gasteiger partial charge in [-0.25, -0.2) is 18.4 Å². The lowest BCUT2D eigenvalue weighted by Gasteiger charge is -2.11. The van der Waals surface area contributed by atoms with Crippen molar-refractivity contribution in [1.82, 2.24) is 5.32 Å². The Kier molecular flexibility index (Phi) is 4.69. The van der Waals surface area contributed by atoms with Gasteiger partial charge in [0.2, 0.25) is 10.0 Å². The van der Waals surface area contributed by atoms with Crippen LogP contribution in [0.2, 0.25) is 0 Å². The molecule has 0 aliphatic heterocycles. The van der Waals surface area contributed by atoms with Crippen molar-refractivity contribution in [2.45, 2.75) is 18.7 Å². The fraction of sp³-hybridized carbons (Fsp3) is 0.273. The minimum atomic E-state index is -3.82. The number of sulfonamides is 1. The van der Waals surface area contributed by atoms with Crippen molar-refractivity contribution in [3.63, 3.8) is 0 Å². The molecule has 0 unspecified atom stereocenters. The van der Waals surface area contributed by atoms with E-state index in [-0.39, 0.29) is 10.6 Å². The van der Waals surface area contributed by atoms with Gasteiger partial charge in [0, 0.05) is 0 Å². The Balaban J connectivity index is 2.90. The normalized spacial score (nSPS) is 10.9. The monoisotopic (exact) mass is 301 g/mol. The molecule has 0 aromatic heterocycles. The second-order valence-corrected chi connectivity index (χ2v) is 5.63. The molecule has 20 heavy (non-hydrogen) atoms. The van der Waals surface area contributed by atoms with Gasteiger partial charge < -0.3 is 10.5 Å². The first-order valence-electron chi connectivity index (χ1n) is 5.47. The maximum atomic E-state index is 11.4. The van der Waals surface area contributed by atoms with Crippen molar-refractivity contribution in [1.29, 1.82) is 0 Å².